The number of esters is 2. The van der Waals surface area contributed by atoms with Gasteiger partial charge in [0.05, 0.1) is 0 Å². The highest BCUT2D eigenvalue weighted by atomic mass is 16.6. The fourth-order valence-electron chi connectivity index (χ4n) is 1.92. The second-order valence-electron chi connectivity index (χ2n) is 6.09. The van der Waals surface area contributed by atoms with E-state index in [9.17, 15) is 9.59 Å². The third-order valence-electron chi connectivity index (χ3n) is 3.25. The minimum Gasteiger partial charge on any atom is -0.460 e. The van der Waals surface area contributed by atoms with Crippen LogP contribution in [0.4, 0.5) is 0 Å². The number of carbonyl (C=O) groups excluding carboxylic acids is 2. The maximum atomic E-state index is 12.0. The Morgan fingerprint density at radius 1 is 1.23 bits per heavy atom. The molecule has 0 fully saturated rings. The summed E-state index contributed by atoms with van der Waals surface area (Å²) in [5.74, 6) is -0.421. The molecule has 0 rings (SSSR count). The summed E-state index contributed by atoms with van der Waals surface area (Å²) in [7, 11) is 3.68. The molecule has 6 heteroatoms. The number of nitrogens with two attached hydrogens (primary N) is 1. The van der Waals surface area contributed by atoms with Crippen molar-refractivity contribution in [3.8, 4) is 0 Å². The third-order valence-corrected chi connectivity index (χ3v) is 3.25. The molecule has 0 saturated heterocycles. The standard InChI is InChI=1S/C16H31N2O4/c1-6-7-8-13(17)15(19)21-9-10-22-16(20)14(18(4)5)11-12(2)3/h9,12-14H,6-8,10-11,17H2,1-5H3/t13-,14-/m0/s1. The van der Waals surface area contributed by atoms with Gasteiger partial charge in [0, 0.05) is 0 Å². The van der Waals surface area contributed by atoms with Crippen molar-refractivity contribution in [2.75, 3.05) is 20.7 Å². The molecular weight excluding hydrogens is 284 g/mol. The van der Waals surface area contributed by atoms with E-state index in [1.54, 1.807) is 0 Å². The van der Waals surface area contributed by atoms with Crippen molar-refractivity contribution >= 4 is 11.9 Å². The van der Waals surface area contributed by atoms with Gasteiger partial charge in [-0.15, -0.1) is 0 Å². The fraction of sp³-hybridized carbons (Fsp3) is 0.812. The van der Waals surface area contributed by atoms with Crippen molar-refractivity contribution in [2.45, 2.75) is 58.5 Å². The number of carbonyl (C=O) groups is 2. The zero-order chi connectivity index (χ0) is 17.1. The summed E-state index contributed by atoms with van der Waals surface area (Å²) in [5, 5.41) is 0. The van der Waals surface area contributed by atoms with E-state index in [2.05, 4.69) is 13.8 Å². The van der Waals surface area contributed by atoms with E-state index < -0.39 is 12.0 Å². The summed E-state index contributed by atoms with van der Waals surface area (Å²) >= 11 is 0. The molecule has 2 N–H and O–H groups in total. The number of nitrogens with zero attached hydrogens (tertiary/aromatic N) is 1. The molecule has 0 aliphatic carbocycles. The third kappa shape index (κ3) is 9.00. The Balaban J connectivity index is 4.02. The summed E-state index contributed by atoms with van der Waals surface area (Å²) in [6.45, 7) is 7.26. The van der Waals surface area contributed by atoms with Crippen molar-refractivity contribution in [3.05, 3.63) is 6.61 Å². The zero-order valence-corrected chi connectivity index (χ0v) is 14.5. The van der Waals surface area contributed by atoms with E-state index >= 15 is 0 Å². The van der Waals surface area contributed by atoms with E-state index in [0.29, 0.717) is 18.8 Å². The lowest BCUT2D eigenvalue weighted by molar-refractivity contribution is -0.153. The van der Waals surface area contributed by atoms with Gasteiger partial charge in [0.25, 0.3) is 0 Å². The number of rotatable bonds is 11. The topological polar surface area (TPSA) is 81.9 Å². The van der Waals surface area contributed by atoms with Crippen LogP contribution in [-0.4, -0.2) is 49.6 Å². The quantitative estimate of drug-likeness (QED) is 0.462. The maximum Gasteiger partial charge on any atom is 0.323 e. The molecule has 0 aliphatic rings. The first-order valence-corrected chi connectivity index (χ1v) is 7.90. The molecule has 0 amide bonds. The number of unbranched alkanes of at least 4 members (excludes halogenated alkanes) is 1. The summed E-state index contributed by atoms with van der Waals surface area (Å²) < 4.78 is 10.0. The number of likely N-dealkylation sites (N-methyl/N-ethyl adjacent to an activating group) is 1. The molecule has 0 unspecified atom stereocenters. The Kier molecular flexibility index (Phi) is 10.8. The van der Waals surface area contributed by atoms with Crippen molar-refractivity contribution in [3.63, 3.8) is 0 Å². The Morgan fingerprint density at radius 2 is 1.86 bits per heavy atom. The minimum absolute atomic E-state index is 0.0620. The van der Waals surface area contributed by atoms with Crippen LogP contribution >= 0.6 is 0 Å². The van der Waals surface area contributed by atoms with E-state index in [1.165, 1.54) is 6.61 Å². The summed E-state index contributed by atoms with van der Waals surface area (Å²) in [6, 6.07) is -0.918. The van der Waals surface area contributed by atoms with Gasteiger partial charge in [-0.05, 0) is 32.9 Å². The van der Waals surface area contributed by atoms with E-state index in [4.69, 9.17) is 15.2 Å². The summed E-state index contributed by atoms with van der Waals surface area (Å²) in [4.78, 5) is 25.4. The predicted molar refractivity (Wildman–Crippen MR) is 85.8 cm³/mol. The van der Waals surface area contributed by atoms with Gasteiger partial charge < -0.3 is 15.2 Å². The molecule has 0 aromatic carbocycles. The van der Waals surface area contributed by atoms with Gasteiger partial charge in [0.1, 0.15) is 18.7 Å². The largest absolute Gasteiger partial charge is 0.460 e. The lowest BCUT2D eigenvalue weighted by atomic mass is 10.0. The van der Waals surface area contributed by atoms with Crippen LogP contribution < -0.4 is 5.73 Å². The highest BCUT2D eigenvalue weighted by Crippen LogP contribution is 2.11. The smallest absolute Gasteiger partial charge is 0.323 e. The monoisotopic (exact) mass is 315 g/mol. The second-order valence-corrected chi connectivity index (χ2v) is 6.09. The van der Waals surface area contributed by atoms with Gasteiger partial charge in [0.2, 0.25) is 0 Å². The average molecular weight is 315 g/mol. The van der Waals surface area contributed by atoms with Gasteiger partial charge in [-0.1, -0.05) is 33.6 Å². The van der Waals surface area contributed by atoms with Crippen LogP contribution in [0.2, 0.25) is 0 Å². The predicted octanol–water partition coefficient (Wildman–Crippen LogP) is 1.73. The number of hydrogen-bond acceptors (Lipinski definition) is 6. The lowest BCUT2D eigenvalue weighted by Crippen LogP contribution is -2.38. The SMILES string of the molecule is CCCC[C@H](N)C(=O)O[CH]COC(=O)[C@H](CC(C)C)N(C)C. The van der Waals surface area contributed by atoms with Gasteiger partial charge in [-0.3, -0.25) is 14.5 Å². The Labute approximate surface area is 134 Å². The van der Waals surface area contributed by atoms with Crippen LogP contribution in [0.3, 0.4) is 0 Å². The van der Waals surface area contributed by atoms with Crippen molar-refractivity contribution < 1.29 is 19.1 Å². The maximum absolute atomic E-state index is 12.0. The minimum atomic E-state index is -0.623. The molecule has 6 nitrogen and oxygen atoms in total. The normalized spacial score (nSPS) is 14.0. The van der Waals surface area contributed by atoms with Gasteiger partial charge in [-0.2, -0.15) is 0 Å². The lowest BCUT2D eigenvalue weighted by Gasteiger charge is -2.24. The first-order valence-electron chi connectivity index (χ1n) is 7.90. The van der Waals surface area contributed by atoms with Crippen molar-refractivity contribution in [2.24, 2.45) is 11.7 Å². The van der Waals surface area contributed by atoms with Crippen LogP contribution in [0, 0.1) is 12.5 Å². The van der Waals surface area contributed by atoms with Crippen molar-refractivity contribution in [1.82, 2.24) is 4.90 Å². The zero-order valence-electron chi connectivity index (χ0n) is 14.5. The van der Waals surface area contributed by atoms with Gasteiger partial charge in [-0.25, -0.2) is 0 Å². The number of ether oxygens (including phenoxy) is 2. The van der Waals surface area contributed by atoms with Crippen LogP contribution in [-0.2, 0) is 19.1 Å². The Hall–Kier alpha value is -1.14. The second kappa shape index (κ2) is 11.4. The van der Waals surface area contributed by atoms with Crippen LogP contribution in [0.25, 0.3) is 0 Å². The van der Waals surface area contributed by atoms with E-state index in [1.807, 2.05) is 25.9 Å². The molecule has 0 aromatic rings. The van der Waals surface area contributed by atoms with Gasteiger partial charge >= 0.3 is 11.9 Å². The molecular formula is C16H31N2O4. The molecule has 0 spiro atoms. The highest BCUT2D eigenvalue weighted by molar-refractivity contribution is 5.76. The molecule has 129 valence electrons. The summed E-state index contributed by atoms with van der Waals surface area (Å²) in [5.41, 5.74) is 5.68. The molecule has 0 aromatic heterocycles. The molecule has 0 saturated carbocycles. The average Bonchev–Trinajstić information content (AvgIpc) is 2.45. The number of hydrogen-bond donors (Lipinski definition) is 1. The van der Waals surface area contributed by atoms with E-state index in [-0.39, 0.29) is 18.6 Å². The molecule has 0 heterocycles. The Bertz CT molecular complexity index is 332. The molecule has 22 heavy (non-hydrogen) atoms. The highest BCUT2D eigenvalue weighted by Gasteiger charge is 2.23. The molecule has 2 atom stereocenters. The first kappa shape index (κ1) is 20.9. The molecule has 1 radical (unpaired) electrons. The summed E-state index contributed by atoms with van der Waals surface area (Å²) in [6.07, 6.45) is 3.17. The Morgan fingerprint density at radius 3 is 2.36 bits per heavy atom. The first-order chi connectivity index (χ1) is 10.3. The van der Waals surface area contributed by atoms with Gasteiger partial charge in [0.15, 0.2) is 6.61 Å². The fourth-order valence-corrected chi connectivity index (χ4v) is 1.92. The van der Waals surface area contributed by atoms with Crippen LogP contribution in [0.1, 0.15) is 46.5 Å². The molecule has 0 bridgehead atoms. The molecule has 0 aliphatic heterocycles. The van der Waals surface area contributed by atoms with Crippen LogP contribution in [0.5, 0.6) is 0 Å². The van der Waals surface area contributed by atoms with Crippen LogP contribution in [0.15, 0.2) is 0 Å². The van der Waals surface area contributed by atoms with Crippen molar-refractivity contribution in [1.29, 1.82) is 0 Å². The van der Waals surface area contributed by atoms with E-state index in [0.717, 1.165) is 12.8 Å².